The molecule has 1 aliphatic rings. The minimum atomic E-state index is 0.0917. The number of aromatic amines is 1. The van der Waals surface area contributed by atoms with E-state index >= 15 is 0 Å². The lowest BCUT2D eigenvalue weighted by atomic mass is 9.62. The Kier molecular flexibility index (Phi) is 2.47. The van der Waals surface area contributed by atoms with Crippen molar-refractivity contribution < 1.29 is 0 Å². The number of rotatable bonds is 2. The molecule has 0 amide bonds. The minimum absolute atomic E-state index is 0.0917. The number of hydrogen-bond acceptors (Lipinski definition) is 2. The first-order chi connectivity index (χ1) is 8.21. The Morgan fingerprint density at radius 1 is 1.29 bits per heavy atom. The fourth-order valence-corrected chi connectivity index (χ4v) is 3.01. The number of halogens is 1. The molecule has 0 aliphatic heterocycles. The van der Waals surface area contributed by atoms with Crippen LogP contribution in [0.3, 0.4) is 0 Å². The number of nitrogens with two attached hydrogens (primary N) is 1. The molecule has 1 aromatic heterocycles. The third kappa shape index (κ3) is 1.67. The van der Waals surface area contributed by atoms with Gasteiger partial charge >= 0.3 is 0 Å². The zero-order valence-electron chi connectivity index (χ0n) is 9.41. The van der Waals surface area contributed by atoms with Crippen LogP contribution in [-0.4, -0.2) is 10.2 Å². The summed E-state index contributed by atoms with van der Waals surface area (Å²) < 4.78 is 1.12. The number of aromatic nitrogens is 2. The van der Waals surface area contributed by atoms with Gasteiger partial charge in [0.05, 0.1) is 0 Å². The Morgan fingerprint density at radius 3 is 2.65 bits per heavy atom. The topological polar surface area (TPSA) is 54.7 Å². The number of benzene rings is 1. The van der Waals surface area contributed by atoms with Crippen LogP contribution < -0.4 is 5.73 Å². The van der Waals surface area contributed by atoms with E-state index in [9.17, 15) is 0 Å². The van der Waals surface area contributed by atoms with E-state index in [4.69, 9.17) is 5.73 Å². The Bertz CT molecular complexity index is 543. The molecule has 0 atom stereocenters. The maximum absolute atomic E-state index is 5.71. The van der Waals surface area contributed by atoms with Gasteiger partial charge in [-0.25, -0.2) is 0 Å². The summed E-state index contributed by atoms with van der Waals surface area (Å²) in [5.74, 6) is 0.571. The molecule has 3 N–H and O–H groups in total. The van der Waals surface area contributed by atoms with Gasteiger partial charge in [-0.05, 0) is 30.5 Å². The average molecular weight is 292 g/mol. The number of nitrogen functional groups attached to an aromatic ring is 1. The van der Waals surface area contributed by atoms with E-state index in [0.717, 1.165) is 23.0 Å². The van der Waals surface area contributed by atoms with Gasteiger partial charge in [0.1, 0.15) is 5.82 Å². The third-order valence-electron chi connectivity index (χ3n) is 3.70. The fraction of sp³-hybridized carbons (Fsp3) is 0.308. The van der Waals surface area contributed by atoms with Crippen molar-refractivity contribution in [3.63, 3.8) is 0 Å². The van der Waals surface area contributed by atoms with Gasteiger partial charge in [-0.15, -0.1) is 0 Å². The molecule has 1 aliphatic carbocycles. The van der Waals surface area contributed by atoms with Crippen LogP contribution in [-0.2, 0) is 5.41 Å². The van der Waals surface area contributed by atoms with Gasteiger partial charge in [0.25, 0.3) is 0 Å². The molecular formula is C13H14BrN3. The van der Waals surface area contributed by atoms with Gasteiger partial charge in [-0.2, -0.15) is 5.10 Å². The van der Waals surface area contributed by atoms with E-state index < -0.39 is 0 Å². The van der Waals surface area contributed by atoms with Gasteiger partial charge in [0.15, 0.2) is 0 Å². The van der Waals surface area contributed by atoms with Crippen LogP contribution in [0.1, 0.15) is 30.5 Å². The van der Waals surface area contributed by atoms with E-state index in [1.807, 2.05) is 6.07 Å². The molecule has 2 aromatic rings. The van der Waals surface area contributed by atoms with Crippen molar-refractivity contribution >= 4 is 21.7 Å². The van der Waals surface area contributed by atoms with E-state index in [0.29, 0.717) is 5.82 Å². The SMILES string of the molecule is Nc1cc(C2(c3cccc(Br)c3)CCC2)[nH]n1. The van der Waals surface area contributed by atoms with Crippen LogP contribution in [0.2, 0.25) is 0 Å². The molecule has 0 unspecified atom stereocenters. The van der Waals surface area contributed by atoms with Crippen LogP contribution >= 0.6 is 15.9 Å². The predicted molar refractivity (Wildman–Crippen MR) is 71.8 cm³/mol. The molecule has 0 spiro atoms. The van der Waals surface area contributed by atoms with Crippen LogP contribution in [0.25, 0.3) is 0 Å². The number of nitrogens with zero attached hydrogens (tertiary/aromatic N) is 1. The van der Waals surface area contributed by atoms with Gasteiger partial charge < -0.3 is 5.73 Å². The lowest BCUT2D eigenvalue weighted by Crippen LogP contribution is -2.35. The summed E-state index contributed by atoms with van der Waals surface area (Å²) in [6.07, 6.45) is 3.57. The first-order valence-electron chi connectivity index (χ1n) is 5.78. The molecule has 0 radical (unpaired) electrons. The van der Waals surface area contributed by atoms with Crippen molar-refractivity contribution in [2.45, 2.75) is 24.7 Å². The van der Waals surface area contributed by atoms with Crippen molar-refractivity contribution in [1.29, 1.82) is 0 Å². The van der Waals surface area contributed by atoms with Crippen LogP contribution in [0.15, 0.2) is 34.8 Å². The Hall–Kier alpha value is -1.29. The van der Waals surface area contributed by atoms with Gasteiger partial charge in [-0.3, -0.25) is 5.10 Å². The molecule has 1 fully saturated rings. The minimum Gasteiger partial charge on any atom is -0.382 e. The normalized spacial score (nSPS) is 17.7. The van der Waals surface area contributed by atoms with Crippen LogP contribution in [0.5, 0.6) is 0 Å². The molecule has 4 heteroatoms. The number of hydrogen-bond donors (Lipinski definition) is 2. The van der Waals surface area contributed by atoms with E-state index in [1.165, 1.54) is 12.0 Å². The monoisotopic (exact) mass is 291 g/mol. The molecular weight excluding hydrogens is 278 g/mol. The highest BCUT2D eigenvalue weighted by Crippen LogP contribution is 2.48. The second kappa shape index (κ2) is 3.88. The molecule has 3 nitrogen and oxygen atoms in total. The molecule has 88 valence electrons. The summed E-state index contributed by atoms with van der Waals surface area (Å²) in [5.41, 5.74) is 8.28. The van der Waals surface area contributed by atoms with Crippen LogP contribution in [0, 0.1) is 0 Å². The third-order valence-corrected chi connectivity index (χ3v) is 4.19. The van der Waals surface area contributed by atoms with Gasteiger partial charge in [0, 0.05) is 21.6 Å². The highest BCUT2D eigenvalue weighted by Gasteiger charge is 2.41. The molecule has 1 aromatic carbocycles. The van der Waals surface area contributed by atoms with Crippen molar-refractivity contribution in [2.24, 2.45) is 0 Å². The molecule has 0 bridgehead atoms. The fourth-order valence-electron chi connectivity index (χ4n) is 2.61. The molecule has 1 heterocycles. The average Bonchev–Trinajstić information content (AvgIpc) is 2.64. The number of nitrogens with one attached hydrogen (secondary N) is 1. The number of H-pyrrole nitrogens is 1. The van der Waals surface area contributed by atoms with Crippen molar-refractivity contribution in [3.8, 4) is 0 Å². The Morgan fingerprint density at radius 2 is 2.12 bits per heavy atom. The Balaban J connectivity index is 2.08. The predicted octanol–water partition coefficient (Wildman–Crippen LogP) is 3.22. The summed E-state index contributed by atoms with van der Waals surface area (Å²) >= 11 is 3.54. The maximum Gasteiger partial charge on any atom is 0.145 e. The maximum atomic E-state index is 5.71. The highest BCUT2D eigenvalue weighted by molar-refractivity contribution is 9.10. The van der Waals surface area contributed by atoms with Gasteiger partial charge in [0.2, 0.25) is 0 Å². The molecule has 1 saturated carbocycles. The largest absolute Gasteiger partial charge is 0.382 e. The second-order valence-electron chi connectivity index (χ2n) is 4.65. The van der Waals surface area contributed by atoms with E-state index in [1.54, 1.807) is 0 Å². The summed E-state index contributed by atoms with van der Waals surface area (Å²) in [5, 5.41) is 7.13. The van der Waals surface area contributed by atoms with Crippen molar-refractivity contribution in [3.05, 3.63) is 46.1 Å². The quantitative estimate of drug-likeness (QED) is 0.893. The van der Waals surface area contributed by atoms with E-state index in [2.05, 4.69) is 50.4 Å². The molecule has 3 rings (SSSR count). The smallest absolute Gasteiger partial charge is 0.145 e. The Labute approximate surface area is 109 Å². The molecule has 17 heavy (non-hydrogen) atoms. The number of anilines is 1. The first kappa shape index (κ1) is 10.8. The lowest BCUT2D eigenvalue weighted by Gasteiger charge is -2.41. The van der Waals surface area contributed by atoms with Gasteiger partial charge in [-0.1, -0.05) is 34.5 Å². The van der Waals surface area contributed by atoms with Crippen molar-refractivity contribution in [2.75, 3.05) is 5.73 Å². The first-order valence-corrected chi connectivity index (χ1v) is 6.57. The highest BCUT2D eigenvalue weighted by atomic mass is 79.9. The van der Waals surface area contributed by atoms with Crippen molar-refractivity contribution in [1.82, 2.24) is 10.2 Å². The summed E-state index contributed by atoms with van der Waals surface area (Å²) in [4.78, 5) is 0. The standard InChI is InChI=1S/C13H14BrN3/c14-10-4-1-3-9(7-10)13(5-2-6-13)11-8-12(15)17-16-11/h1,3-4,7-8H,2,5-6H2,(H3,15,16,17). The zero-order valence-corrected chi connectivity index (χ0v) is 11.0. The molecule has 0 saturated heterocycles. The van der Waals surface area contributed by atoms with E-state index in [-0.39, 0.29) is 5.41 Å². The lowest BCUT2D eigenvalue weighted by molar-refractivity contribution is 0.293. The second-order valence-corrected chi connectivity index (χ2v) is 5.57. The summed E-state index contributed by atoms with van der Waals surface area (Å²) in [6.45, 7) is 0. The van der Waals surface area contributed by atoms with Crippen LogP contribution in [0.4, 0.5) is 5.82 Å². The summed E-state index contributed by atoms with van der Waals surface area (Å²) in [7, 11) is 0. The summed E-state index contributed by atoms with van der Waals surface area (Å²) in [6, 6.07) is 10.5. The zero-order chi connectivity index (χ0) is 11.9.